The van der Waals surface area contributed by atoms with Gasteiger partial charge in [-0.15, -0.1) is 0 Å². The number of hydrazone groups is 1. The number of benzene rings is 2. The number of rotatable bonds is 5. The van der Waals surface area contributed by atoms with E-state index in [1.165, 1.54) is 0 Å². The zero-order valence-corrected chi connectivity index (χ0v) is 12.8. The standard InChI is InChI=1S/C17H18N2O3/c1-12(15-10-9-14(21-2)11-16(15)22-3)18-19-17(20)13-7-5-4-6-8-13/h4-11H,1-3H3,(H,19,20)/b18-12+. The van der Waals surface area contributed by atoms with Crippen LogP contribution >= 0.6 is 0 Å². The Morgan fingerprint density at radius 3 is 2.41 bits per heavy atom. The van der Waals surface area contributed by atoms with Gasteiger partial charge in [0.1, 0.15) is 11.5 Å². The number of ether oxygens (including phenoxy) is 2. The summed E-state index contributed by atoms with van der Waals surface area (Å²) in [5.74, 6) is 1.07. The minimum atomic E-state index is -0.257. The number of nitrogens with one attached hydrogen (secondary N) is 1. The molecule has 1 amide bonds. The Kier molecular flexibility index (Phi) is 5.14. The van der Waals surface area contributed by atoms with E-state index in [2.05, 4.69) is 10.5 Å². The maximum absolute atomic E-state index is 12.0. The lowest BCUT2D eigenvalue weighted by Crippen LogP contribution is -2.19. The van der Waals surface area contributed by atoms with Gasteiger partial charge in [0.25, 0.3) is 5.91 Å². The van der Waals surface area contributed by atoms with Crippen LogP contribution in [0.1, 0.15) is 22.8 Å². The molecule has 0 aromatic heterocycles. The molecule has 0 saturated carbocycles. The molecule has 0 fully saturated rings. The average Bonchev–Trinajstić information content (AvgIpc) is 2.59. The molecular formula is C17H18N2O3. The zero-order chi connectivity index (χ0) is 15.9. The van der Waals surface area contributed by atoms with E-state index in [1.54, 1.807) is 51.5 Å². The van der Waals surface area contributed by atoms with Gasteiger partial charge >= 0.3 is 0 Å². The third-order valence-electron chi connectivity index (χ3n) is 3.16. The number of hydrogen-bond acceptors (Lipinski definition) is 4. The third kappa shape index (κ3) is 3.63. The van der Waals surface area contributed by atoms with Crippen LogP contribution in [0.2, 0.25) is 0 Å². The normalized spacial score (nSPS) is 11.0. The summed E-state index contributed by atoms with van der Waals surface area (Å²) in [5, 5.41) is 4.13. The molecule has 0 aliphatic heterocycles. The van der Waals surface area contributed by atoms with E-state index in [1.807, 2.05) is 18.2 Å². The van der Waals surface area contributed by atoms with Crippen LogP contribution in [0.15, 0.2) is 53.6 Å². The number of carbonyl (C=O) groups is 1. The first-order valence-electron chi connectivity index (χ1n) is 6.77. The second-order valence-corrected chi connectivity index (χ2v) is 4.57. The number of methoxy groups -OCH3 is 2. The fourth-order valence-corrected chi connectivity index (χ4v) is 1.95. The van der Waals surface area contributed by atoms with Gasteiger partial charge in [-0.3, -0.25) is 4.79 Å². The number of nitrogens with zero attached hydrogens (tertiary/aromatic N) is 1. The van der Waals surface area contributed by atoms with E-state index >= 15 is 0 Å². The molecule has 1 N–H and O–H groups in total. The Hall–Kier alpha value is -2.82. The van der Waals surface area contributed by atoms with Gasteiger partial charge in [-0.2, -0.15) is 5.10 Å². The lowest BCUT2D eigenvalue weighted by Gasteiger charge is -2.10. The number of amides is 1. The highest BCUT2D eigenvalue weighted by molar-refractivity contribution is 6.02. The fourth-order valence-electron chi connectivity index (χ4n) is 1.95. The summed E-state index contributed by atoms with van der Waals surface area (Å²) in [6, 6.07) is 14.3. The van der Waals surface area contributed by atoms with Crippen LogP contribution in [0.3, 0.4) is 0 Å². The van der Waals surface area contributed by atoms with E-state index in [9.17, 15) is 4.79 Å². The fraction of sp³-hybridized carbons (Fsp3) is 0.176. The molecule has 0 atom stereocenters. The first-order chi connectivity index (χ1) is 10.7. The molecule has 0 heterocycles. The Labute approximate surface area is 129 Å². The molecule has 0 spiro atoms. The smallest absolute Gasteiger partial charge is 0.271 e. The van der Waals surface area contributed by atoms with E-state index in [-0.39, 0.29) is 5.91 Å². The molecule has 5 nitrogen and oxygen atoms in total. The number of hydrogen-bond donors (Lipinski definition) is 1. The summed E-state index contributed by atoms with van der Waals surface area (Å²) in [7, 11) is 3.17. The third-order valence-corrected chi connectivity index (χ3v) is 3.16. The molecule has 0 radical (unpaired) electrons. The maximum Gasteiger partial charge on any atom is 0.271 e. The molecule has 0 aliphatic rings. The van der Waals surface area contributed by atoms with Gasteiger partial charge in [-0.1, -0.05) is 18.2 Å². The van der Waals surface area contributed by atoms with Crippen LogP contribution in [0, 0.1) is 0 Å². The largest absolute Gasteiger partial charge is 0.497 e. The molecule has 2 aromatic rings. The summed E-state index contributed by atoms with van der Waals surface area (Å²) in [4.78, 5) is 12.0. The molecular weight excluding hydrogens is 280 g/mol. The van der Waals surface area contributed by atoms with Crippen molar-refractivity contribution in [2.75, 3.05) is 14.2 Å². The second-order valence-electron chi connectivity index (χ2n) is 4.57. The van der Waals surface area contributed by atoms with Crippen LogP contribution in [0.25, 0.3) is 0 Å². The molecule has 5 heteroatoms. The summed E-state index contributed by atoms with van der Waals surface area (Å²) >= 11 is 0. The van der Waals surface area contributed by atoms with Crippen molar-refractivity contribution in [2.24, 2.45) is 5.10 Å². The minimum Gasteiger partial charge on any atom is -0.497 e. The van der Waals surface area contributed by atoms with E-state index in [4.69, 9.17) is 9.47 Å². The summed E-state index contributed by atoms with van der Waals surface area (Å²) in [6.07, 6.45) is 0. The first-order valence-corrected chi connectivity index (χ1v) is 6.77. The molecule has 114 valence electrons. The lowest BCUT2D eigenvalue weighted by molar-refractivity contribution is 0.0955. The van der Waals surface area contributed by atoms with Gasteiger partial charge in [0.2, 0.25) is 0 Å². The van der Waals surface area contributed by atoms with Crippen molar-refractivity contribution in [3.05, 3.63) is 59.7 Å². The molecule has 0 unspecified atom stereocenters. The van der Waals surface area contributed by atoms with Gasteiger partial charge in [-0.25, -0.2) is 5.43 Å². The monoisotopic (exact) mass is 298 g/mol. The predicted octanol–water partition coefficient (Wildman–Crippen LogP) is 2.86. The Bertz CT molecular complexity index is 682. The Balaban J connectivity index is 2.17. The quantitative estimate of drug-likeness (QED) is 0.682. The maximum atomic E-state index is 12.0. The van der Waals surface area contributed by atoms with Crippen molar-refractivity contribution in [3.8, 4) is 11.5 Å². The summed E-state index contributed by atoms with van der Waals surface area (Å²) in [5.41, 5.74) is 4.53. The summed E-state index contributed by atoms with van der Waals surface area (Å²) < 4.78 is 10.5. The molecule has 0 bridgehead atoms. The van der Waals surface area contributed by atoms with Crippen LogP contribution in [0.5, 0.6) is 11.5 Å². The van der Waals surface area contributed by atoms with Crippen molar-refractivity contribution in [2.45, 2.75) is 6.92 Å². The molecule has 2 aromatic carbocycles. The van der Waals surface area contributed by atoms with Crippen molar-refractivity contribution < 1.29 is 14.3 Å². The van der Waals surface area contributed by atoms with Crippen LogP contribution in [0.4, 0.5) is 0 Å². The molecule has 0 saturated heterocycles. The van der Waals surface area contributed by atoms with Crippen molar-refractivity contribution in [3.63, 3.8) is 0 Å². The van der Waals surface area contributed by atoms with Crippen LogP contribution in [-0.2, 0) is 0 Å². The van der Waals surface area contributed by atoms with Gasteiger partial charge in [0.15, 0.2) is 0 Å². The predicted molar refractivity (Wildman–Crippen MR) is 85.7 cm³/mol. The van der Waals surface area contributed by atoms with Crippen molar-refractivity contribution in [1.29, 1.82) is 0 Å². The van der Waals surface area contributed by atoms with E-state index in [0.717, 1.165) is 5.56 Å². The van der Waals surface area contributed by atoms with E-state index < -0.39 is 0 Å². The van der Waals surface area contributed by atoms with Gasteiger partial charge in [0.05, 0.1) is 19.9 Å². The molecule has 0 aliphatic carbocycles. The molecule has 22 heavy (non-hydrogen) atoms. The molecule has 2 rings (SSSR count). The van der Waals surface area contributed by atoms with Gasteiger partial charge in [-0.05, 0) is 31.2 Å². The SMILES string of the molecule is COc1ccc(/C(C)=N/NC(=O)c2ccccc2)c(OC)c1. The average molecular weight is 298 g/mol. The van der Waals surface area contributed by atoms with Crippen molar-refractivity contribution >= 4 is 11.6 Å². The zero-order valence-electron chi connectivity index (χ0n) is 12.8. The highest BCUT2D eigenvalue weighted by atomic mass is 16.5. The van der Waals surface area contributed by atoms with E-state index in [0.29, 0.717) is 22.8 Å². The van der Waals surface area contributed by atoms with Crippen molar-refractivity contribution in [1.82, 2.24) is 5.43 Å². The summed E-state index contributed by atoms with van der Waals surface area (Å²) in [6.45, 7) is 1.80. The van der Waals surface area contributed by atoms with Crippen LogP contribution < -0.4 is 14.9 Å². The Morgan fingerprint density at radius 1 is 1.05 bits per heavy atom. The van der Waals surface area contributed by atoms with Gasteiger partial charge in [0, 0.05) is 17.2 Å². The number of carbonyl (C=O) groups excluding carboxylic acids is 1. The highest BCUT2D eigenvalue weighted by Gasteiger charge is 2.09. The lowest BCUT2D eigenvalue weighted by atomic mass is 10.1. The first kappa shape index (κ1) is 15.6. The van der Waals surface area contributed by atoms with Gasteiger partial charge < -0.3 is 9.47 Å². The van der Waals surface area contributed by atoms with Crippen LogP contribution in [-0.4, -0.2) is 25.8 Å². The topological polar surface area (TPSA) is 59.9 Å². The highest BCUT2D eigenvalue weighted by Crippen LogP contribution is 2.25. The Morgan fingerprint density at radius 2 is 1.77 bits per heavy atom. The second kappa shape index (κ2) is 7.26. The minimum absolute atomic E-state index is 0.257.